The van der Waals surface area contributed by atoms with Gasteiger partial charge in [-0.2, -0.15) is 0 Å². The molecule has 0 saturated carbocycles. The minimum Gasteiger partial charge on any atom is -0.454 e. The summed E-state index contributed by atoms with van der Waals surface area (Å²) >= 11 is 0. The zero-order valence-corrected chi connectivity index (χ0v) is 12.3. The SMILES string of the molecule is CC.CC.CC(C)(C)c1ccc2c(c1)OCO2. The quantitative estimate of drug-likeness (QED) is 0.648. The molecule has 98 valence electrons. The molecule has 2 nitrogen and oxygen atoms in total. The van der Waals surface area contributed by atoms with Gasteiger partial charge >= 0.3 is 0 Å². The fourth-order valence-electron chi connectivity index (χ4n) is 1.36. The summed E-state index contributed by atoms with van der Waals surface area (Å²) in [5, 5.41) is 0. The van der Waals surface area contributed by atoms with Gasteiger partial charge < -0.3 is 9.47 Å². The van der Waals surface area contributed by atoms with Gasteiger partial charge in [-0.25, -0.2) is 0 Å². The Morgan fingerprint density at radius 1 is 0.882 bits per heavy atom. The van der Waals surface area contributed by atoms with E-state index in [-0.39, 0.29) is 5.41 Å². The van der Waals surface area contributed by atoms with Crippen LogP contribution in [0.4, 0.5) is 0 Å². The molecule has 0 spiro atoms. The highest BCUT2D eigenvalue weighted by Crippen LogP contribution is 2.35. The Hall–Kier alpha value is -1.18. The second-order valence-corrected chi connectivity index (χ2v) is 4.32. The van der Waals surface area contributed by atoms with Crippen LogP contribution in [0.15, 0.2) is 18.2 Å². The van der Waals surface area contributed by atoms with E-state index in [4.69, 9.17) is 9.47 Å². The predicted octanol–water partition coefficient (Wildman–Crippen LogP) is 4.77. The van der Waals surface area contributed by atoms with Gasteiger partial charge in [0.2, 0.25) is 6.79 Å². The molecule has 0 fully saturated rings. The molecule has 0 atom stereocenters. The predicted molar refractivity (Wildman–Crippen MR) is 74.0 cm³/mol. The molecule has 1 heterocycles. The first-order valence-electron chi connectivity index (χ1n) is 6.47. The van der Waals surface area contributed by atoms with E-state index in [1.807, 2.05) is 33.8 Å². The molecule has 1 aliphatic heterocycles. The van der Waals surface area contributed by atoms with Gasteiger partial charge in [0.1, 0.15) is 0 Å². The molecular formula is C15H26O2. The molecule has 0 amide bonds. The van der Waals surface area contributed by atoms with E-state index in [1.54, 1.807) is 0 Å². The van der Waals surface area contributed by atoms with Gasteiger partial charge in [-0.05, 0) is 23.1 Å². The second-order valence-electron chi connectivity index (χ2n) is 4.32. The van der Waals surface area contributed by atoms with Gasteiger partial charge in [0, 0.05) is 0 Å². The van der Waals surface area contributed by atoms with Crippen molar-refractivity contribution in [1.82, 2.24) is 0 Å². The summed E-state index contributed by atoms with van der Waals surface area (Å²) < 4.78 is 10.6. The molecule has 2 rings (SSSR count). The zero-order chi connectivity index (χ0) is 13.5. The lowest BCUT2D eigenvalue weighted by Crippen LogP contribution is -2.10. The highest BCUT2D eigenvalue weighted by molar-refractivity contribution is 5.46. The number of hydrogen-bond acceptors (Lipinski definition) is 2. The zero-order valence-electron chi connectivity index (χ0n) is 12.3. The van der Waals surface area contributed by atoms with Crippen LogP contribution in [-0.2, 0) is 5.41 Å². The second kappa shape index (κ2) is 7.21. The smallest absolute Gasteiger partial charge is 0.231 e. The molecule has 0 radical (unpaired) electrons. The lowest BCUT2D eigenvalue weighted by molar-refractivity contribution is 0.174. The molecule has 2 heteroatoms. The van der Waals surface area contributed by atoms with Crippen molar-refractivity contribution >= 4 is 0 Å². The average Bonchev–Trinajstić information content (AvgIpc) is 2.80. The molecule has 0 aliphatic carbocycles. The van der Waals surface area contributed by atoms with E-state index < -0.39 is 0 Å². The van der Waals surface area contributed by atoms with Gasteiger partial charge in [0.15, 0.2) is 11.5 Å². The maximum Gasteiger partial charge on any atom is 0.231 e. The normalized spacial score (nSPS) is 11.9. The van der Waals surface area contributed by atoms with E-state index in [0.717, 1.165) is 11.5 Å². The van der Waals surface area contributed by atoms with Crippen molar-refractivity contribution in [1.29, 1.82) is 0 Å². The van der Waals surface area contributed by atoms with Crippen LogP contribution >= 0.6 is 0 Å². The molecule has 0 saturated heterocycles. The van der Waals surface area contributed by atoms with E-state index in [1.165, 1.54) is 5.56 Å². The molecule has 1 aromatic rings. The third-order valence-electron chi connectivity index (χ3n) is 2.24. The van der Waals surface area contributed by atoms with Crippen molar-refractivity contribution in [3.8, 4) is 11.5 Å². The molecule has 0 bridgehead atoms. The minimum absolute atomic E-state index is 0.168. The summed E-state index contributed by atoms with van der Waals surface area (Å²) in [6.07, 6.45) is 0. The number of ether oxygens (including phenoxy) is 2. The first-order chi connectivity index (χ1) is 8.07. The maximum absolute atomic E-state index is 5.31. The summed E-state index contributed by atoms with van der Waals surface area (Å²) in [5.41, 5.74) is 1.44. The van der Waals surface area contributed by atoms with Crippen molar-refractivity contribution in [2.45, 2.75) is 53.9 Å². The van der Waals surface area contributed by atoms with Crippen molar-refractivity contribution in [3.63, 3.8) is 0 Å². The Morgan fingerprint density at radius 3 is 1.94 bits per heavy atom. The van der Waals surface area contributed by atoms with Crippen LogP contribution in [0.1, 0.15) is 54.0 Å². The molecule has 17 heavy (non-hydrogen) atoms. The third kappa shape index (κ3) is 4.29. The van der Waals surface area contributed by atoms with Crippen LogP contribution in [-0.4, -0.2) is 6.79 Å². The van der Waals surface area contributed by atoms with Crippen LogP contribution < -0.4 is 9.47 Å². The van der Waals surface area contributed by atoms with Gasteiger partial charge in [-0.3, -0.25) is 0 Å². The first-order valence-corrected chi connectivity index (χ1v) is 6.47. The molecule has 1 aromatic carbocycles. The van der Waals surface area contributed by atoms with E-state index in [9.17, 15) is 0 Å². The maximum atomic E-state index is 5.31. The Labute approximate surface area is 106 Å². The van der Waals surface area contributed by atoms with Gasteiger partial charge in [0.25, 0.3) is 0 Å². The van der Waals surface area contributed by atoms with E-state index >= 15 is 0 Å². The summed E-state index contributed by atoms with van der Waals surface area (Å²) in [7, 11) is 0. The molecule has 0 N–H and O–H groups in total. The van der Waals surface area contributed by atoms with Crippen LogP contribution in [0, 0.1) is 0 Å². The first kappa shape index (κ1) is 15.8. The number of hydrogen-bond donors (Lipinski definition) is 0. The molecule has 0 aromatic heterocycles. The van der Waals surface area contributed by atoms with Crippen LogP contribution in [0.5, 0.6) is 11.5 Å². The molecular weight excluding hydrogens is 212 g/mol. The van der Waals surface area contributed by atoms with Gasteiger partial charge in [-0.1, -0.05) is 54.5 Å². The lowest BCUT2D eigenvalue weighted by Gasteiger charge is -2.18. The fraction of sp³-hybridized carbons (Fsp3) is 0.600. The number of rotatable bonds is 0. The van der Waals surface area contributed by atoms with Crippen molar-refractivity contribution in [2.24, 2.45) is 0 Å². The van der Waals surface area contributed by atoms with E-state index in [2.05, 4.69) is 32.9 Å². The van der Waals surface area contributed by atoms with Crippen LogP contribution in [0.2, 0.25) is 0 Å². The Bertz CT molecular complexity index is 324. The Balaban J connectivity index is 0.000000581. The highest BCUT2D eigenvalue weighted by atomic mass is 16.7. The highest BCUT2D eigenvalue weighted by Gasteiger charge is 2.19. The van der Waals surface area contributed by atoms with Crippen molar-refractivity contribution < 1.29 is 9.47 Å². The number of fused-ring (bicyclic) bond motifs is 1. The van der Waals surface area contributed by atoms with Crippen molar-refractivity contribution in [3.05, 3.63) is 23.8 Å². The van der Waals surface area contributed by atoms with Crippen molar-refractivity contribution in [2.75, 3.05) is 6.79 Å². The number of benzene rings is 1. The fourth-order valence-corrected chi connectivity index (χ4v) is 1.36. The third-order valence-corrected chi connectivity index (χ3v) is 2.24. The monoisotopic (exact) mass is 238 g/mol. The summed E-state index contributed by atoms with van der Waals surface area (Å²) in [6.45, 7) is 14.9. The summed E-state index contributed by atoms with van der Waals surface area (Å²) in [5.74, 6) is 1.72. The van der Waals surface area contributed by atoms with Gasteiger partial charge in [0.05, 0.1) is 0 Å². The lowest BCUT2D eigenvalue weighted by atomic mass is 9.87. The average molecular weight is 238 g/mol. The molecule has 1 aliphatic rings. The summed E-state index contributed by atoms with van der Waals surface area (Å²) in [6, 6.07) is 6.12. The standard InChI is InChI=1S/C11H14O2.2C2H6/c1-11(2,3)8-4-5-9-10(6-8)13-7-12-9;2*1-2/h4-6H,7H2,1-3H3;2*1-2H3. The van der Waals surface area contributed by atoms with Crippen LogP contribution in [0.3, 0.4) is 0 Å². The molecule has 0 unspecified atom stereocenters. The van der Waals surface area contributed by atoms with Gasteiger partial charge in [-0.15, -0.1) is 0 Å². The Kier molecular flexibility index (Phi) is 6.71. The summed E-state index contributed by atoms with van der Waals surface area (Å²) in [4.78, 5) is 0. The minimum atomic E-state index is 0.168. The topological polar surface area (TPSA) is 18.5 Å². The largest absolute Gasteiger partial charge is 0.454 e. The Morgan fingerprint density at radius 2 is 1.41 bits per heavy atom. The van der Waals surface area contributed by atoms with E-state index in [0.29, 0.717) is 6.79 Å². The van der Waals surface area contributed by atoms with Crippen LogP contribution in [0.25, 0.3) is 0 Å².